The van der Waals surface area contributed by atoms with E-state index in [1.807, 2.05) is 66.4 Å². The lowest BCUT2D eigenvalue weighted by Crippen LogP contribution is -2.53. The summed E-state index contributed by atoms with van der Waals surface area (Å²) in [6, 6.07) is 17.5. The predicted octanol–water partition coefficient (Wildman–Crippen LogP) is 4.83. The van der Waals surface area contributed by atoms with Crippen molar-refractivity contribution in [3.05, 3.63) is 65.7 Å². The lowest BCUT2D eigenvalue weighted by atomic mass is 9.80. The molecule has 0 radical (unpaired) electrons. The largest absolute Gasteiger partial charge is 0.445 e. The van der Waals surface area contributed by atoms with E-state index in [2.05, 4.69) is 12.2 Å². The highest BCUT2D eigenvalue weighted by atomic mass is 16.5. The summed E-state index contributed by atoms with van der Waals surface area (Å²) in [6.07, 6.45) is 2.32. The molecule has 1 saturated carbocycles. The number of nitrogens with zero attached hydrogens (tertiary/aromatic N) is 1. The van der Waals surface area contributed by atoms with Crippen LogP contribution < -0.4 is 10.2 Å². The van der Waals surface area contributed by atoms with Crippen LogP contribution in [0.1, 0.15) is 50.3 Å². The van der Waals surface area contributed by atoms with Crippen LogP contribution in [0.15, 0.2) is 54.6 Å². The maximum atomic E-state index is 12.8. The Kier molecular flexibility index (Phi) is 5.56. The number of para-hydroxylation sites is 1. The molecule has 2 aromatic rings. The van der Waals surface area contributed by atoms with E-state index in [9.17, 15) is 9.59 Å². The summed E-state index contributed by atoms with van der Waals surface area (Å²) in [5.74, 6) is 0.752. The molecule has 1 aliphatic carbocycles. The zero-order chi connectivity index (χ0) is 20.4. The van der Waals surface area contributed by atoms with Gasteiger partial charge >= 0.3 is 6.09 Å². The molecule has 5 nitrogen and oxygen atoms in total. The third-order valence-corrected chi connectivity index (χ3v) is 6.06. The van der Waals surface area contributed by atoms with Gasteiger partial charge in [0.15, 0.2) is 0 Å². The monoisotopic (exact) mass is 392 g/mol. The Labute approximate surface area is 172 Å². The SMILES string of the molecule is CCC(=O)N1c2ccccc2[C@H](NC(=O)OCc2ccccc2)[C@@H](C)[C@@H]1C1CC1. The average Bonchev–Trinajstić information content (AvgIpc) is 3.59. The van der Waals surface area contributed by atoms with Gasteiger partial charge in [0.1, 0.15) is 6.61 Å². The van der Waals surface area contributed by atoms with Gasteiger partial charge < -0.3 is 15.0 Å². The summed E-state index contributed by atoms with van der Waals surface area (Å²) >= 11 is 0. The number of ether oxygens (including phenoxy) is 1. The zero-order valence-electron chi connectivity index (χ0n) is 17.0. The van der Waals surface area contributed by atoms with Gasteiger partial charge in [-0.1, -0.05) is 62.4 Å². The van der Waals surface area contributed by atoms with Gasteiger partial charge in [-0.3, -0.25) is 4.79 Å². The molecule has 0 saturated heterocycles. The van der Waals surface area contributed by atoms with Crippen molar-refractivity contribution in [3.63, 3.8) is 0 Å². The van der Waals surface area contributed by atoms with E-state index in [0.717, 1.165) is 29.7 Å². The molecule has 0 aromatic heterocycles. The van der Waals surface area contributed by atoms with Crippen LogP contribution >= 0.6 is 0 Å². The lowest BCUT2D eigenvalue weighted by molar-refractivity contribution is -0.119. The average molecular weight is 392 g/mol. The number of benzene rings is 2. The molecule has 3 atom stereocenters. The van der Waals surface area contributed by atoms with Crippen molar-refractivity contribution >= 4 is 17.7 Å². The molecule has 0 bridgehead atoms. The molecular formula is C24H28N2O3. The van der Waals surface area contributed by atoms with Gasteiger partial charge in [-0.25, -0.2) is 4.79 Å². The quantitative estimate of drug-likeness (QED) is 0.793. The molecule has 1 fully saturated rings. The Hall–Kier alpha value is -2.82. The first-order chi connectivity index (χ1) is 14.1. The zero-order valence-corrected chi connectivity index (χ0v) is 17.0. The topological polar surface area (TPSA) is 58.6 Å². The number of carbonyl (C=O) groups is 2. The van der Waals surface area contributed by atoms with E-state index in [0.29, 0.717) is 12.3 Å². The first kappa shape index (κ1) is 19.5. The number of carbonyl (C=O) groups excluding carboxylic acids is 2. The number of nitrogens with one attached hydrogen (secondary N) is 1. The molecule has 2 aliphatic rings. The minimum atomic E-state index is -0.426. The van der Waals surface area contributed by atoms with Crippen LogP contribution in [0.4, 0.5) is 10.5 Å². The standard InChI is InChI=1S/C24H28N2O3/c1-3-21(27)26-20-12-8-7-11-19(20)22(16(2)23(26)18-13-14-18)25-24(28)29-15-17-9-5-4-6-10-17/h4-12,16,18,22-23H,3,13-15H2,1-2H3,(H,25,28)/t16-,22-,23-/m1/s1. The Morgan fingerprint density at radius 3 is 2.45 bits per heavy atom. The maximum absolute atomic E-state index is 12.8. The third-order valence-electron chi connectivity index (χ3n) is 6.06. The minimum absolute atomic E-state index is 0.108. The fraction of sp³-hybridized carbons (Fsp3) is 0.417. The first-order valence-corrected chi connectivity index (χ1v) is 10.5. The number of hydrogen-bond acceptors (Lipinski definition) is 3. The number of fused-ring (bicyclic) bond motifs is 1. The molecule has 1 heterocycles. The van der Waals surface area contributed by atoms with Crippen LogP contribution in [-0.4, -0.2) is 18.0 Å². The summed E-state index contributed by atoms with van der Waals surface area (Å²) < 4.78 is 5.47. The molecule has 29 heavy (non-hydrogen) atoms. The van der Waals surface area contributed by atoms with Crippen molar-refractivity contribution in [2.24, 2.45) is 11.8 Å². The Morgan fingerprint density at radius 1 is 1.07 bits per heavy atom. The van der Waals surface area contributed by atoms with Gasteiger partial charge in [-0.2, -0.15) is 0 Å². The van der Waals surface area contributed by atoms with Gasteiger partial charge in [-0.05, 0) is 36.0 Å². The van der Waals surface area contributed by atoms with Gasteiger partial charge in [0.25, 0.3) is 0 Å². The van der Waals surface area contributed by atoms with E-state index >= 15 is 0 Å². The highest BCUT2D eigenvalue weighted by molar-refractivity contribution is 5.95. The Bertz CT molecular complexity index is 879. The van der Waals surface area contributed by atoms with Crippen LogP contribution in [-0.2, 0) is 16.1 Å². The molecule has 4 rings (SSSR count). The molecular weight excluding hydrogens is 364 g/mol. The number of anilines is 1. The summed E-state index contributed by atoms with van der Waals surface area (Å²) in [7, 11) is 0. The van der Waals surface area contributed by atoms with Crippen molar-refractivity contribution < 1.29 is 14.3 Å². The molecule has 0 spiro atoms. The second-order valence-electron chi connectivity index (χ2n) is 8.05. The second kappa shape index (κ2) is 8.27. The fourth-order valence-electron chi connectivity index (χ4n) is 4.50. The maximum Gasteiger partial charge on any atom is 0.407 e. The van der Waals surface area contributed by atoms with Crippen molar-refractivity contribution in [2.75, 3.05) is 4.90 Å². The first-order valence-electron chi connectivity index (χ1n) is 10.5. The molecule has 0 unspecified atom stereocenters. The van der Waals surface area contributed by atoms with Gasteiger partial charge in [0.05, 0.1) is 6.04 Å². The van der Waals surface area contributed by atoms with E-state index in [1.54, 1.807) is 0 Å². The van der Waals surface area contributed by atoms with Crippen molar-refractivity contribution in [1.82, 2.24) is 5.32 Å². The van der Waals surface area contributed by atoms with Crippen LogP contribution in [0.2, 0.25) is 0 Å². The molecule has 2 amide bonds. The molecule has 1 aliphatic heterocycles. The summed E-state index contributed by atoms with van der Waals surface area (Å²) in [5.41, 5.74) is 2.85. The number of alkyl carbamates (subject to hydrolysis) is 1. The van der Waals surface area contributed by atoms with E-state index in [4.69, 9.17) is 4.74 Å². The van der Waals surface area contributed by atoms with Crippen LogP contribution in [0.3, 0.4) is 0 Å². The Balaban J connectivity index is 1.57. The molecule has 5 heteroatoms. The number of hydrogen-bond donors (Lipinski definition) is 1. The van der Waals surface area contributed by atoms with Crippen molar-refractivity contribution in [1.29, 1.82) is 0 Å². The number of amides is 2. The van der Waals surface area contributed by atoms with E-state index in [1.165, 1.54) is 0 Å². The minimum Gasteiger partial charge on any atom is -0.445 e. The highest BCUT2D eigenvalue weighted by Gasteiger charge is 2.48. The molecule has 1 N–H and O–H groups in total. The van der Waals surface area contributed by atoms with Gasteiger partial charge in [0.2, 0.25) is 5.91 Å². The van der Waals surface area contributed by atoms with E-state index < -0.39 is 6.09 Å². The Morgan fingerprint density at radius 2 is 1.76 bits per heavy atom. The van der Waals surface area contributed by atoms with Gasteiger partial charge in [0, 0.05) is 24.1 Å². The van der Waals surface area contributed by atoms with Crippen molar-refractivity contribution in [3.8, 4) is 0 Å². The normalized spacial score (nSPS) is 23.2. The summed E-state index contributed by atoms with van der Waals surface area (Å²) in [5, 5.41) is 3.09. The van der Waals surface area contributed by atoms with Gasteiger partial charge in [-0.15, -0.1) is 0 Å². The summed E-state index contributed by atoms with van der Waals surface area (Å²) in [6.45, 7) is 4.28. The predicted molar refractivity (Wildman–Crippen MR) is 112 cm³/mol. The molecule has 2 aromatic carbocycles. The number of rotatable bonds is 5. The third kappa shape index (κ3) is 4.00. The lowest BCUT2D eigenvalue weighted by Gasteiger charge is -2.45. The summed E-state index contributed by atoms with van der Waals surface area (Å²) in [4.78, 5) is 27.4. The van der Waals surface area contributed by atoms with E-state index in [-0.39, 0.29) is 30.5 Å². The second-order valence-corrected chi connectivity index (χ2v) is 8.05. The fourth-order valence-corrected chi connectivity index (χ4v) is 4.50. The van der Waals surface area contributed by atoms with Crippen LogP contribution in [0.5, 0.6) is 0 Å². The van der Waals surface area contributed by atoms with Crippen LogP contribution in [0.25, 0.3) is 0 Å². The van der Waals surface area contributed by atoms with Crippen molar-refractivity contribution in [2.45, 2.75) is 51.8 Å². The molecule has 152 valence electrons. The smallest absolute Gasteiger partial charge is 0.407 e. The highest BCUT2D eigenvalue weighted by Crippen LogP contribution is 2.49. The van der Waals surface area contributed by atoms with Crippen LogP contribution in [0, 0.1) is 11.8 Å².